The van der Waals surface area contributed by atoms with E-state index in [0.29, 0.717) is 0 Å². The zero-order chi connectivity index (χ0) is 13.9. The number of hydrazine groups is 2. The Morgan fingerprint density at radius 3 is 2.10 bits per heavy atom. The number of nitrogens with one attached hydrogen (secondary N) is 1. The molecule has 0 spiro atoms. The highest BCUT2D eigenvalue weighted by atomic mass is 15.8. The third-order valence-corrected chi connectivity index (χ3v) is 3.62. The SMILES string of the molecule is CCN1C(c2ccc(-c3ccccc3)cc2)=CNN1C. The molecule has 0 aliphatic carbocycles. The van der Waals surface area contributed by atoms with Crippen LogP contribution in [0.15, 0.2) is 60.8 Å². The molecule has 3 rings (SSSR count). The van der Waals surface area contributed by atoms with Crippen molar-refractivity contribution in [3.63, 3.8) is 0 Å². The van der Waals surface area contributed by atoms with Gasteiger partial charge in [0.2, 0.25) is 0 Å². The van der Waals surface area contributed by atoms with Gasteiger partial charge in [0.25, 0.3) is 0 Å². The summed E-state index contributed by atoms with van der Waals surface area (Å²) in [5, 5.41) is 4.21. The van der Waals surface area contributed by atoms with E-state index in [1.165, 1.54) is 22.4 Å². The third kappa shape index (κ3) is 2.28. The van der Waals surface area contributed by atoms with Gasteiger partial charge in [0.1, 0.15) is 0 Å². The van der Waals surface area contributed by atoms with Crippen LogP contribution in [0.2, 0.25) is 0 Å². The fourth-order valence-electron chi connectivity index (χ4n) is 2.54. The molecule has 0 bridgehead atoms. The molecule has 2 aromatic rings. The molecule has 1 aliphatic rings. The fourth-order valence-corrected chi connectivity index (χ4v) is 2.54. The highest BCUT2D eigenvalue weighted by Crippen LogP contribution is 2.26. The van der Waals surface area contributed by atoms with Gasteiger partial charge in [-0.05, 0) is 18.1 Å². The molecule has 102 valence electrons. The van der Waals surface area contributed by atoms with Crippen molar-refractivity contribution in [2.45, 2.75) is 6.92 Å². The topological polar surface area (TPSA) is 18.5 Å². The quantitative estimate of drug-likeness (QED) is 0.918. The first kappa shape index (κ1) is 12.8. The van der Waals surface area contributed by atoms with Crippen LogP contribution in [0, 0.1) is 0 Å². The molecule has 20 heavy (non-hydrogen) atoms. The number of benzene rings is 2. The summed E-state index contributed by atoms with van der Waals surface area (Å²) in [5.74, 6) is 0. The average Bonchev–Trinajstić information content (AvgIpc) is 2.89. The van der Waals surface area contributed by atoms with Crippen LogP contribution in [0.5, 0.6) is 0 Å². The van der Waals surface area contributed by atoms with E-state index in [-0.39, 0.29) is 0 Å². The zero-order valence-electron chi connectivity index (χ0n) is 11.9. The lowest BCUT2D eigenvalue weighted by molar-refractivity contribution is 0.0528. The molecule has 0 amide bonds. The highest BCUT2D eigenvalue weighted by molar-refractivity contribution is 5.70. The maximum atomic E-state index is 3.21. The van der Waals surface area contributed by atoms with E-state index < -0.39 is 0 Å². The van der Waals surface area contributed by atoms with E-state index in [0.717, 1.165) is 6.54 Å². The third-order valence-electron chi connectivity index (χ3n) is 3.62. The van der Waals surface area contributed by atoms with Gasteiger partial charge in [-0.2, -0.15) is 0 Å². The molecule has 2 aromatic carbocycles. The zero-order valence-corrected chi connectivity index (χ0v) is 11.9. The van der Waals surface area contributed by atoms with Crippen LogP contribution in [0.4, 0.5) is 0 Å². The molecule has 1 aliphatic heterocycles. The van der Waals surface area contributed by atoms with Gasteiger partial charge in [0, 0.05) is 25.4 Å². The largest absolute Gasteiger partial charge is 0.307 e. The molecule has 3 nitrogen and oxygen atoms in total. The predicted molar refractivity (Wildman–Crippen MR) is 83.1 cm³/mol. The Balaban J connectivity index is 1.87. The molecule has 1 N–H and O–H groups in total. The maximum absolute atomic E-state index is 3.21. The monoisotopic (exact) mass is 265 g/mol. The second-order valence-corrected chi connectivity index (χ2v) is 4.84. The maximum Gasteiger partial charge on any atom is 0.0783 e. The molecule has 0 aromatic heterocycles. The van der Waals surface area contributed by atoms with Gasteiger partial charge in [-0.25, -0.2) is 0 Å². The normalized spacial score (nSPS) is 15.1. The number of hydrogen-bond donors (Lipinski definition) is 1. The lowest BCUT2D eigenvalue weighted by Crippen LogP contribution is -2.38. The van der Waals surface area contributed by atoms with Gasteiger partial charge in [0.15, 0.2) is 0 Å². The molecule has 1 heterocycles. The van der Waals surface area contributed by atoms with Crippen LogP contribution in [0.3, 0.4) is 0 Å². The Bertz CT molecular complexity index is 602. The lowest BCUT2D eigenvalue weighted by Gasteiger charge is -2.27. The molecular formula is C17H19N3. The van der Waals surface area contributed by atoms with Gasteiger partial charge in [-0.3, -0.25) is 5.01 Å². The van der Waals surface area contributed by atoms with Crippen molar-refractivity contribution in [2.24, 2.45) is 0 Å². The first-order valence-corrected chi connectivity index (χ1v) is 6.93. The van der Waals surface area contributed by atoms with Crippen LogP contribution in [0.25, 0.3) is 16.8 Å². The summed E-state index contributed by atoms with van der Waals surface area (Å²) in [7, 11) is 2.02. The highest BCUT2D eigenvalue weighted by Gasteiger charge is 2.19. The first-order chi connectivity index (χ1) is 9.79. The predicted octanol–water partition coefficient (Wildman–Crippen LogP) is 3.34. The van der Waals surface area contributed by atoms with Gasteiger partial charge in [-0.15, -0.1) is 5.12 Å². The van der Waals surface area contributed by atoms with Crippen LogP contribution >= 0.6 is 0 Å². The van der Waals surface area contributed by atoms with Crippen molar-refractivity contribution < 1.29 is 0 Å². The van der Waals surface area contributed by atoms with Gasteiger partial charge >= 0.3 is 0 Å². The summed E-state index contributed by atoms with van der Waals surface area (Å²) in [5.41, 5.74) is 8.14. The minimum atomic E-state index is 0.940. The molecule has 0 unspecified atom stereocenters. The summed E-state index contributed by atoms with van der Waals surface area (Å²) in [4.78, 5) is 0. The number of hydrogen-bond acceptors (Lipinski definition) is 3. The van der Waals surface area contributed by atoms with Gasteiger partial charge < -0.3 is 5.43 Å². The molecule has 3 heteroatoms. The van der Waals surface area contributed by atoms with Crippen LogP contribution < -0.4 is 5.43 Å². The Labute approximate surface area is 120 Å². The van der Waals surface area contributed by atoms with E-state index in [1.807, 2.05) is 24.4 Å². The summed E-state index contributed by atoms with van der Waals surface area (Å²) in [6.45, 7) is 3.09. The second-order valence-electron chi connectivity index (χ2n) is 4.84. The summed E-state index contributed by atoms with van der Waals surface area (Å²) >= 11 is 0. The number of rotatable bonds is 3. The van der Waals surface area contributed by atoms with Crippen LogP contribution in [-0.4, -0.2) is 23.7 Å². The van der Waals surface area contributed by atoms with E-state index in [4.69, 9.17) is 0 Å². The molecule has 0 fully saturated rings. The fraction of sp³-hybridized carbons (Fsp3) is 0.176. The van der Waals surface area contributed by atoms with Crippen molar-refractivity contribution in [1.29, 1.82) is 0 Å². The average molecular weight is 265 g/mol. The molecule has 0 saturated carbocycles. The van der Waals surface area contributed by atoms with Gasteiger partial charge in [0.05, 0.1) is 5.70 Å². The standard InChI is InChI=1S/C17H19N3/c1-3-20-17(13-18-19(20)2)16-11-9-15(10-12-16)14-7-5-4-6-8-14/h4-13,18H,3H2,1-2H3. The van der Waals surface area contributed by atoms with Crippen LogP contribution in [-0.2, 0) is 0 Å². The minimum absolute atomic E-state index is 0.940. The summed E-state index contributed by atoms with van der Waals surface area (Å²) in [6, 6.07) is 19.2. The van der Waals surface area contributed by atoms with Crippen molar-refractivity contribution in [3.8, 4) is 11.1 Å². The van der Waals surface area contributed by atoms with Crippen LogP contribution in [0.1, 0.15) is 12.5 Å². The first-order valence-electron chi connectivity index (χ1n) is 6.93. The second kappa shape index (κ2) is 5.39. The molecule has 0 atom stereocenters. The van der Waals surface area contributed by atoms with Crippen molar-refractivity contribution in [1.82, 2.24) is 15.6 Å². The van der Waals surface area contributed by atoms with E-state index >= 15 is 0 Å². The molecule has 0 radical (unpaired) electrons. The Morgan fingerprint density at radius 1 is 0.850 bits per heavy atom. The Kier molecular flexibility index (Phi) is 3.44. The lowest BCUT2D eigenvalue weighted by atomic mass is 10.0. The van der Waals surface area contributed by atoms with Crippen molar-refractivity contribution in [3.05, 3.63) is 66.4 Å². The molecular weight excluding hydrogens is 246 g/mol. The minimum Gasteiger partial charge on any atom is -0.307 e. The van der Waals surface area contributed by atoms with E-state index in [2.05, 4.69) is 65.9 Å². The van der Waals surface area contributed by atoms with Crippen molar-refractivity contribution in [2.75, 3.05) is 13.6 Å². The Morgan fingerprint density at radius 2 is 1.45 bits per heavy atom. The summed E-state index contributed by atoms with van der Waals surface area (Å²) < 4.78 is 0. The Hall–Kier alpha value is -2.26. The van der Waals surface area contributed by atoms with Gasteiger partial charge in [-0.1, -0.05) is 54.6 Å². The van der Waals surface area contributed by atoms with E-state index in [9.17, 15) is 0 Å². The summed E-state index contributed by atoms with van der Waals surface area (Å²) in [6.07, 6.45) is 2.04. The smallest absolute Gasteiger partial charge is 0.0783 e. The van der Waals surface area contributed by atoms with E-state index in [1.54, 1.807) is 0 Å². The molecule has 0 saturated heterocycles. The van der Waals surface area contributed by atoms with Crippen molar-refractivity contribution >= 4 is 5.70 Å². The number of nitrogens with zero attached hydrogens (tertiary/aromatic N) is 2.